The second kappa shape index (κ2) is 4.65. The van der Waals surface area contributed by atoms with Crippen LogP contribution in [0.1, 0.15) is 6.92 Å². The molecule has 7 heteroatoms. The van der Waals surface area contributed by atoms with Gasteiger partial charge in [-0.2, -0.15) is 0 Å². The van der Waals surface area contributed by atoms with E-state index >= 15 is 0 Å². The van der Waals surface area contributed by atoms with Crippen LogP contribution in [0.15, 0.2) is 0 Å². The number of aliphatic hydroxyl groups excluding tert-OH is 1. The number of hydrogen-bond acceptors (Lipinski definition) is 2. The minimum Gasteiger partial charge on any atom is -0.394 e. The summed E-state index contributed by atoms with van der Waals surface area (Å²) in [6, 6.07) is -0.840. The molecule has 1 unspecified atom stereocenters. The molecule has 0 saturated carbocycles. The molecule has 0 aliphatic heterocycles. The Hall–Kier alpha value is -1.37. The van der Waals surface area contributed by atoms with Crippen molar-refractivity contribution in [2.75, 3.05) is 11.9 Å². The smallest absolute Gasteiger partial charge is 0.200 e. The molecule has 0 amide bonds. The molecule has 1 aromatic rings. The molecule has 2 N–H and O–H groups in total. The molecule has 0 heterocycles. The fraction of sp³-hybridized carbons (Fsp3) is 0.333. The highest BCUT2D eigenvalue weighted by Gasteiger charge is 2.26. The van der Waals surface area contributed by atoms with Crippen LogP contribution in [-0.2, 0) is 0 Å². The molecule has 1 rings (SSSR count). The predicted octanol–water partition coefficient (Wildman–Crippen LogP) is 2.17. The molecule has 1 aromatic carbocycles. The molecule has 16 heavy (non-hydrogen) atoms. The SMILES string of the molecule is CC(CO)Nc1c(F)c(F)c(F)c(F)c1F. The molecule has 0 saturated heterocycles. The molecule has 1 atom stereocenters. The maximum atomic E-state index is 13.0. The molecule has 0 aliphatic rings. The third-order valence-electron chi connectivity index (χ3n) is 1.87. The lowest BCUT2D eigenvalue weighted by atomic mass is 10.2. The van der Waals surface area contributed by atoms with Gasteiger partial charge in [0.05, 0.1) is 6.61 Å². The molecule has 0 bridgehead atoms. The van der Waals surface area contributed by atoms with E-state index in [-0.39, 0.29) is 0 Å². The Morgan fingerprint density at radius 1 is 0.938 bits per heavy atom. The number of aliphatic hydroxyl groups is 1. The van der Waals surface area contributed by atoms with Crippen molar-refractivity contribution in [2.45, 2.75) is 13.0 Å². The van der Waals surface area contributed by atoms with E-state index in [0.717, 1.165) is 0 Å². The van der Waals surface area contributed by atoms with Crippen molar-refractivity contribution in [3.63, 3.8) is 0 Å². The molecule has 0 aliphatic carbocycles. The Bertz CT molecular complexity index is 380. The van der Waals surface area contributed by atoms with Crippen LogP contribution in [0, 0.1) is 29.1 Å². The van der Waals surface area contributed by atoms with Crippen LogP contribution < -0.4 is 5.32 Å². The zero-order chi connectivity index (χ0) is 12.5. The Balaban J connectivity index is 3.28. The molecule has 0 fully saturated rings. The van der Waals surface area contributed by atoms with Gasteiger partial charge in [-0.1, -0.05) is 0 Å². The average molecular weight is 241 g/mol. The third-order valence-corrected chi connectivity index (χ3v) is 1.87. The van der Waals surface area contributed by atoms with Crippen molar-refractivity contribution in [1.29, 1.82) is 0 Å². The Labute approximate surface area is 87.7 Å². The standard InChI is InChI=1S/C9H8F5NO/c1-3(2-16)15-9-7(13)5(11)4(10)6(12)8(9)14/h3,15-16H,2H2,1H3. The molecule has 2 nitrogen and oxygen atoms in total. The van der Waals surface area contributed by atoms with Gasteiger partial charge in [-0.15, -0.1) is 0 Å². The van der Waals surface area contributed by atoms with Crippen LogP contribution in [0.2, 0.25) is 0 Å². The van der Waals surface area contributed by atoms with E-state index in [2.05, 4.69) is 0 Å². The van der Waals surface area contributed by atoms with Gasteiger partial charge < -0.3 is 10.4 Å². The number of hydrogen-bond donors (Lipinski definition) is 2. The van der Waals surface area contributed by atoms with Crippen LogP contribution in [0.4, 0.5) is 27.6 Å². The molecular formula is C9H8F5NO. The van der Waals surface area contributed by atoms with E-state index in [9.17, 15) is 22.0 Å². The van der Waals surface area contributed by atoms with Gasteiger partial charge in [0.1, 0.15) is 5.69 Å². The molecule has 90 valence electrons. The zero-order valence-corrected chi connectivity index (χ0v) is 8.12. The second-order valence-corrected chi connectivity index (χ2v) is 3.17. The number of anilines is 1. The maximum Gasteiger partial charge on any atom is 0.200 e. The highest BCUT2D eigenvalue weighted by atomic mass is 19.2. The maximum absolute atomic E-state index is 13.0. The van der Waals surface area contributed by atoms with Gasteiger partial charge in [-0.25, -0.2) is 22.0 Å². The Morgan fingerprint density at radius 3 is 1.69 bits per heavy atom. The summed E-state index contributed by atoms with van der Waals surface area (Å²) < 4.78 is 64.1. The van der Waals surface area contributed by atoms with Crippen molar-refractivity contribution in [3.05, 3.63) is 29.1 Å². The Kier molecular flexibility index (Phi) is 3.69. The summed E-state index contributed by atoms with van der Waals surface area (Å²) in [5.41, 5.74) is -1.14. The van der Waals surface area contributed by atoms with Gasteiger partial charge >= 0.3 is 0 Å². The predicted molar refractivity (Wildman–Crippen MR) is 46.4 cm³/mol. The first kappa shape index (κ1) is 12.7. The van der Waals surface area contributed by atoms with E-state index < -0.39 is 47.4 Å². The quantitative estimate of drug-likeness (QED) is 0.483. The highest BCUT2D eigenvalue weighted by molar-refractivity contribution is 5.48. The van der Waals surface area contributed by atoms with E-state index in [1.807, 2.05) is 5.32 Å². The van der Waals surface area contributed by atoms with Gasteiger partial charge in [-0.3, -0.25) is 0 Å². The number of rotatable bonds is 3. The zero-order valence-electron chi connectivity index (χ0n) is 8.12. The van der Waals surface area contributed by atoms with Crippen LogP contribution in [0.3, 0.4) is 0 Å². The number of nitrogens with one attached hydrogen (secondary N) is 1. The molecule has 0 radical (unpaired) electrons. The first-order chi connectivity index (χ1) is 7.40. The topological polar surface area (TPSA) is 32.3 Å². The minimum atomic E-state index is -2.21. The highest BCUT2D eigenvalue weighted by Crippen LogP contribution is 2.27. The van der Waals surface area contributed by atoms with Gasteiger partial charge in [0.25, 0.3) is 0 Å². The Morgan fingerprint density at radius 2 is 1.31 bits per heavy atom. The van der Waals surface area contributed by atoms with Gasteiger partial charge in [0, 0.05) is 6.04 Å². The van der Waals surface area contributed by atoms with Crippen molar-refractivity contribution < 1.29 is 27.1 Å². The van der Waals surface area contributed by atoms with E-state index in [1.54, 1.807) is 0 Å². The van der Waals surface area contributed by atoms with Gasteiger partial charge in [0.2, 0.25) is 5.82 Å². The normalized spacial score (nSPS) is 12.7. The number of halogens is 5. The molecular weight excluding hydrogens is 233 g/mol. The lowest BCUT2D eigenvalue weighted by molar-refractivity contribution is 0.280. The first-order valence-corrected chi connectivity index (χ1v) is 4.29. The lowest BCUT2D eigenvalue weighted by Crippen LogP contribution is -2.22. The first-order valence-electron chi connectivity index (χ1n) is 4.29. The fourth-order valence-corrected chi connectivity index (χ4v) is 1.02. The van der Waals surface area contributed by atoms with Crippen LogP contribution in [0.25, 0.3) is 0 Å². The fourth-order valence-electron chi connectivity index (χ4n) is 1.02. The third kappa shape index (κ3) is 2.08. The minimum absolute atomic E-state index is 0.514. The summed E-state index contributed by atoms with van der Waals surface area (Å²) in [6.07, 6.45) is 0. The second-order valence-electron chi connectivity index (χ2n) is 3.17. The van der Waals surface area contributed by atoms with E-state index in [0.29, 0.717) is 0 Å². The molecule has 0 spiro atoms. The van der Waals surface area contributed by atoms with Gasteiger partial charge in [0.15, 0.2) is 23.3 Å². The van der Waals surface area contributed by atoms with E-state index in [1.165, 1.54) is 6.92 Å². The van der Waals surface area contributed by atoms with Crippen LogP contribution >= 0.6 is 0 Å². The average Bonchev–Trinajstić information content (AvgIpc) is 2.29. The van der Waals surface area contributed by atoms with Crippen molar-refractivity contribution >= 4 is 5.69 Å². The van der Waals surface area contributed by atoms with Gasteiger partial charge in [-0.05, 0) is 6.92 Å². The largest absolute Gasteiger partial charge is 0.394 e. The summed E-state index contributed by atoms with van der Waals surface area (Å²) in [5.74, 6) is -10.1. The summed E-state index contributed by atoms with van der Waals surface area (Å²) >= 11 is 0. The monoisotopic (exact) mass is 241 g/mol. The van der Waals surface area contributed by atoms with Crippen LogP contribution in [0.5, 0.6) is 0 Å². The summed E-state index contributed by atoms with van der Waals surface area (Å²) in [5, 5.41) is 10.6. The lowest BCUT2D eigenvalue weighted by Gasteiger charge is -2.14. The van der Waals surface area contributed by atoms with Crippen molar-refractivity contribution in [3.8, 4) is 0 Å². The van der Waals surface area contributed by atoms with Crippen molar-refractivity contribution in [1.82, 2.24) is 0 Å². The number of benzene rings is 1. The van der Waals surface area contributed by atoms with Crippen LogP contribution in [-0.4, -0.2) is 17.8 Å². The summed E-state index contributed by atoms with van der Waals surface area (Å²) in [6.45, 7) is 0.803. The molecule has 0 aromatic heterocycles. The summed E-state index contributed by atoms with van der Waals surface area (Å²) in [4.78, 5) is 0. The van der Waals surface area contributed by atoms with Crippen molar-refractivity contribution in [2.24, 2.45) is 0 Å². The summed E-state index contributed by atoms with van der Waals surface area (Å²) in [7, 11) is 0. The van der Waals surface area contributed by atoms with E-state index in [4.69, 9.17) is 5.11 Å².